The number of carbonyl (C=O) groups excluding carboxylic acids is 1. The van der Waals surface area contributed by atoms with Crippen LogP contribution < -0.4 is 4.74 Å². The van der Waals surface area contributed by atoms with E-state index in [0.717, 1.165) is 12.0 Å². The first kappa shape index (κ1) is 13.2. The van der Waals surface area contributed by atoms with Gasteiger partial charge in [-0.05, 0) is 18.1 Å². The summed E-state index contributed by atoms with van der Waals surface area (Å²) in [5.41, 5.74) is 0.777. The second-order valence-corrected chi connectivity index (χ2v) is 3.59. The van der Waals surface area contributed by atoms with E-state index in [9.17, 15) is 14.9 Å². The molecule has 0 unspecified atom stereocenters. The van der Waals surface area contributed by atoms with E-state index < -0.39 is 4.92 Å². The number of nitrogens with zero attached hydrogens (tertiary/aromatic N) is 1. The van der Waals surface area contributed by atoms with Crippen LogP contribution in [0.3, 0.4) is 0 Å². The number of Topliss-reactive ketones (excluding diaryl/α,β-unsaturated/α-hetero) is 1. The van der Waals surface area contributed by atoms with Gasteiger partial charge in [0.15, 0.2) is 11.5 Å². The second-order valence-electron chi connectivity index (χ2n) is 3.59. The van der Waals surface area contributed by atoms with Crippen LogP contribution in [0.2, 0.25) is 0 Å². The quantitative estimate of drug-likeness (QED) is 0.563. The van der Waals surface area contributed by atoms with Crippen molar-refractivity contribution in [1.82, 2.24) is 0 Å². The Hall–Kier alpha value is -1.91. The highest BCUT2D eigenvalue weighted by Gasteiger charge is 2.16. The van der Waals surface area contributed by atoms with Gasteiger partial charge in [0, 0.05) is 12.5 Å². The van der Waals surface area contributed by atoms with Gasteiger partial charge in [0.2, 0.25) is 0 Å². The van der Waals surface area contributed by atoms with Crippen molar-refractivity contribution in [2.75, 3.05) is 6.61 Å². The van der Waals surface area contributed by atoms with E-state index in [4.69, 9.17) is 4.74 Å². The summed E-state index contributed by atoms with van der Waals surface area (Å²) in [6.45, 7) is 3.52. The molecule has 0 atom stereocenters. The van der Waals surface area contributed by atoms with Gasteiger partial charge in [-0.15, -0.1) is 0 Å². The van der Waals surface area contributed by atoms with Gasteiger partial charge in [0.1, 0.15) is 6.61 Å². The molecular formula is C12H15NO4. The number of ether oxygens (including phenoxy) is 1. The SMILES string of the molecule is CCC(=O)COc1ccc(CC)cc1[N+](=O)[O-]. The summed E-state index contributed by atoms with van der Waals surface area (Å²) in [7, 11) is 0. The van der Waals surface area contributed by atoms with Crippen LogP contribution in [0.15, 0.2) is 18.2 Å². The number of hydrogen-bond acceptors (Lipinski definition) is 4. The van der Waals surface area contributed by atoms with E-state index in [1.54, 1.807) is 19.1 Å². The van der Waals surface area contributed by atoms with Gasteiger partial charge < -0.3 is 4.74 Å². The fraction of sp³-hybridized carbons (Fsp3) is 0.417. The number of hydrogen-bond donors (Lipinski definition) is 0. The fourth-order valence-corrected chi connectivity index (χ4v) is 1.31. The molecule has 0 spiro atoms. The number of carbonyl (C=O) groups is 1. The number of nitro groups is 1. The summed E-state index contributed by atoms with van der Waals surface area (Å²) >= 11 is 0. The number of rotatable bonds is 6. The van der Waals surface area contributed by atoms with E-state index in [2.05, 4.69) is 0 Å². The Morgan fingerprint density at radius 3 is 2.65 bits per heavy atom. The van der Waals surface area contributed by atoms with Crippen molar-refractivity contribution in [3.63, 3.8) is 0 Å². The van der Waals surface area contributed by atoms with Gasteiger partial charge in [-0.3, -0.25) is 14.9 Å². The summed E-state index contributed by atoms with van der Waals surface area (Å²) in [5.74, 6) is 0.0628. The summed E-state index contributed by atoms with van der Waals surface area (Å²) in [6.07, 6.45) is 1.08. The maximum absolute atomic E-state index is 11.1. The lowest BCUT2D eigenvalue weighted by atomic mass is 10.1. The lowest BCUT2D eigenvalue weighted by molar-refractivity contribution is -0.385. The van der Waals surface area contributed by atoms with Crippen molar-refractivity contribution < 1.29 is 14.5 Å². The Morgan fingerprint density at radius 2 is 2.12 bits per heavy atom. The molecule has 0 radical (unpaired) electrons. The van der Waals surface area contributed by atoms with Crippen LogP contribution in [0, 0.1) is 10.1 Å². The third-order valence-electron chi connectivity index (χ3n) is 2.41. The minimum absolute atomic E-state index is 0.0844. The highest BCUT2D eigenvalue weighted by molar-refractivity contribution is 5.79. The number of ketones is 1. The molecule has 0 aliphatic carbocycles. The molecule has 0 saturated heterocycles. The third-order valence-corrected chi connectivity index (χ3v) is 2.41. The van der Waals surface area contributed by atoms with Crippen molar-refractivity contribution in [2.24, 2.45) is 0 Å². The molecule has 0 bridgehead atoms. The van der Waals surface area contributed by atoms with E-state index in [1.807, 2.05) is 6.92 Å². The molecule has 1 rings (SSSR count). The number of nitro benzene ring substituents is 1. The average Bonchev–Trinajstić information content (AvgIpc) is 2.35. The predicted octanol–water partition coefficient (Wildman–Crippen LogP) is 2.52. The Kier molecular flexibility index (Phi) is 4.63. The summed E-state index contributed by atoms with van der Waals surface area (Å²) in [5, 5.41) is 10.8. The highest BCUT2D eigenvalue weighted by Crippen LogP contribution is 2.28. The van der Waals surface area contributed by atoms with E-state index in [-0.39, 0.29) is 23.8 Å². The molecule has 0 fully saturated rings. The molecule has 0 amide bonds. The van der Waals surface area contributed by atoms with E-state index in [1.165, 1.54) is 6.07 Å². The van der Waals surface area contributed by atoms with Gasteiger partial charge in [-0.25, -0.2) is 0 Å². The first-order chi connectivity index (χ1) is 8.08. The van der Waals surface area contributed by atoms with Gasteiger partial charge in [-0.1, -0.05) is 19.9 Å². The molecule has 92 valence electrons. The first-order valence-electron chi connectivity index (χ1n) is 5.50. The summed E-state index contributed by atoms with van der Waals surface area (Å²) < 4.78 is 5.16. The Labute approximate surface area is 99.5 Å². The molecule has 1 aromatic rings. The normalized spacial score (nSPS) is 10.0. The van der Waals surface area contributed by atoms with Crippen LogP contribution in [-0.4, -0.2) is 17.3 Å². The van der Waals surface area contributed by atoms with Crippen molar-refractivity contribution in [2.45, 2.75) is 26.7 Å². The molecular weight excluding hydrogens is 222 g/mol. The highest BCUT2D eigenvalue weighted by atomic mass is 16.6. The molecule has 17 heavy (non-hydrogen) atoms. The van der Waals surface area contributed by atoms with Crippen molar-refractivity contribution >= 4 is 11.5 Å². The fourth-order valence-electron chi connectivity index (χ4n) is 1.31. The van der Waals surface area contributed by atoms with Gasteiger partial charge >= 0.3 is 5.69 Å². The zero-order valence-corrected chi connectivity index (χ0v) is 9.93. The molecule has 0 aliphatic rings. The van der Waals surface area contributed by atoms with Crippen LogP contribution >= 0.6 is 0 Å². The predicted molar refractivity (Wildman–Crippen MR) is 63.3 cm³/mol. The van der Waals surface area contributed by atoms with Crippen LogP contribution in [0.1, 0.15) is 25.8 Å². The van der Waals surface area contributed by atoms with Crippen molar-refractivity contribution in [3.05, 3.63) is 33.9 Å². The molecule has 0 N–H and O–H groups in total. The maximum atomic E-state index is 11.1. The molecule has 0 saturated carbocycles. The average molecular weight is 237 g/mol. The smallest absolute Gasteiger partial charge is 0.311 e. The van der Waals surface area contributed by atoms with Gasteiger partial charge in [-0.2, -0.15) is 0 Å². The Bertz CT molecular complexity index is 429. The van der Waals surface area contributed by atoms with Crippen molar-refractivity contribution in [1.29, 1.82) is 0 Å². The van der Waals surface area contributed by atoms with Crippen LogP contribution in [0.25, 0.3) is 0 Å². The molecule has 1 aromatic carbocycles. The van der Waals surface area contributed by atoms with Crippen molar-refractivity contribution in [3.8, 4) is 5.75 Å². The zero-order chi connectivity index (χ0) is 12.8. The molecule has 5 heteroatoms. The largest absolute Gasteiger partial charge is 0.479 e. The van der Waals surface area contributed by atoms with Gasteiger partial charge in [0.25, 0.3) is 0 Å². The molecule has 0 aromatic heterocycles. The topological polar surface area (TPSA) is 69.4 Å². The Balaban J connectivity index is 2.90. The monoisotopic (exact) mass is 237 g/mol. The number of benzene rings is 1. The standard InChI is InChI=1S/C12H15NO4/c1-3-9-5-6-12(11(7-9)13(15)16)17-8-10(14)4-2/h5-7H,3-4,8H2,1-2H3. The minimum atomic E-state index is -0.495. The van der Waals surface area contributed by atoms with E-state index in [0.29, 0.717) is 6.42 Å². The first-order valence-corrected chi connectivity index (χ1v) is 5.50. The zero-order valence-electron chi connectivity index (χ0n) is 9.93. The summed E-state index contributed by atoms with van der Waals surface area (Å²) in [6, 6.07) is 4.78. The van der Waals surface area contributed by atoms with Crippen LogP contribution in [0.4, 0.5) is 5.69 Å². The van der Waals surface area contributed by atoms with E-state index >= 15 is 0 Å². The summed E-state index contributed by atoms with van der Waals surface area (Å²) in [4.78, 5) is 21.4. The van der Waals surface area contributed by atoms with Crippen LogP contribution in [0.5, 0.6) is 5.75 Å². The lowest BCUT2D eigenvalue weighted by Crippen LogP contribution is -2.10. The van der Waals surface area contributed by atoms with Gasteiger partial charge in [0.05, 0.1) is 4.92 Å². The lowest BCUT2D eigenvalue weighted by Gasteiger charge is -2.06. The molecule has 0 aliphatic heterocycles. The molecule has 5 nitrogen and oxygen atoms in total. The third kappa shape index (κ3) is 3.55. The Morgan fingerprint density at radius 1 is 1.41 bits per heavy atom. The maximum Gasteiger partial charge on any atom is 0.311 e. The molecule has 0 heterocycles. The second kappa shape index (κ2) is 5.98. The van der Waals surface area contributed by atoms with Crippen LogP contribution in [-0.2, 0) is 11.2 Å². The minimum Gasteiger partial charge on any atom is -0.479 e. The number of aryl methyl sites for hydroxylation is 1.